The third-order valence-corrected chi connectivity index (χ3v) is 6.55. The molecule has 5 rings (SSSR count). The molecule has 0 aliphatic carbocycles. The Morgan fingerprint density at radius 2 is 1.73 bits per heavy atom. The van der Waals surface area contributed by atoms with Crippen LogP contribution in [0.25, 0.3) is 22.4 Å². The van der Waals surface area contributed by atoms with Gasteiger partial charge in [-0.1, -0.05) is 54.5 Å². The first kappa shape index (κ1) is 21.6. The second-order valence-electron chi connectivity index (χ2n) is 8.05. The van der Waals surface area contributed by atoms with Crippen LogP contribution in [0.2, 0.25) is 0 Å². The number of hydrogen-bond donors (Lipinski definition) is 0. The maximum atomic E-state index is 13.0. The standard InChI is InChI=1S/C25H24BrN5O2/c1-2-8-20-27-23(21-22(29-33-24(21)28-20)17-9-4-3-5-10-17)30-13-15-31(16-14-30)25(32)18-11-6-7-12-19(18)26/h3-7,9-12H,2,8,13-16H2,1H3. The number of aryl methyl sites for hydroxylation is 1. The lowest BCUT2D eigenvalue weighted by atomic mass is 10.1. The molecule has 1 aliphatic rings. The van der Waals surface area contributed by atoms with Crippen LogP contribution in [0.3, 0.4) is 0 Å². The Morgan fingerprint density at radius 1 is 1.00 bits per heavy atom. The van der Waals surface area contributed by atoms with Gasteiger partial charge in [0.2, 0.25) is 0 Å². The van der Waals surface area contributed by atoms with E-state index in [1.54, 1.807) is 0 Å². The average Bonchev–Trinajstić information content (AvgIpc) is 3.28. The molecule has 0 saturated carbocycles. The number of carbonyl (C=O) groups is 1. The number of carbonyl (C=O) groups excluding carboxylic acids is 1. The third kappa shape index (κ3) is 4.23. The van der Waals surface area contributed by atoms with E-state index < -0.39 is 0 Å². The van der Waals surface area contributed by atoms with E-state index >= 15 is 0 Å². The topological polar surface area (TPSA) is 75.4 Å². The van der Waals surface area contributed by atoms with Crippen LogP contribution in [0.4, 0.5) is 5.82 Å². The number of benzene rings is 2. The minimum atomic E-state index is 0.0385. The molecule has 0 atom stereocenters. The number of anilines is 1. The number of aromatic nitrogens is 3. The number of nitrogens with zero attached hydrogens (tertiary/aromatic N) is 5. The molecule has 0 unspecified atom stereocenters. The van der Waals surface area contributed by atoms with Gasteiger partial charge in [-0.05, 0) is 34.5 Å². The van der Waals surface area contributed by atoms with E-state index in [1.165, 1.54) is 0 Å². The molecule has 33 heavy (non-hydrogen) atoms. The zero-order chi connectivity index (χ0) is 22.8. The van der Waals surface area contributed by atoms with Gasteiger partial charge in [0.15, 0.2) is 0 Å². The summed E-state index contributed by atoms with van der Waals surface area (Å²) < 4.78 is 6.47. The Kier molecular flexibility index (Phi) is 6.09. The molecule has 3 heterocycles. The highest BCUT2D eigenvalue weighted by atomic mass is 79.9. The number of hydrogen-bond acceptors (Lipinski definition) is 6. The summed E-state index contributed by atoms with van der Waals surface area (Å²) in [6.45, 7) is 4.68. The number of rotatable bonds is 5. The van der Waals surface area contributed by atoms with Crippen LogP contribution in [0.5, 0.6) is 0 Å². The molecule has 0 N–H and O–H groups in total. The van der Waals surface area contributed by atoms with Crippen molar-refractivity contribution < 1.29 is 9.32 Å². The molecule has 0 radical (unpaired) electrons. The zero-order valence-corrected chi connectivity index (χ0v) is 20.0. The number of fused-ring (bicyclic) bond motifs is 1. The average molecular weight is 506 g/mol. The van der Waals surface area contributed by atoms with Crippen molar-refractivity contribution in [3.05, 3.63) is 70.5 Å². The second kappa shape index (κ2) is 9.31. The third-order valence-electron chi connectivity index (χ3n) is 5.85. The van der Waals surface area contributed by atoms with E-state index in [0.29, 0.717) is 37.5 Å². The Morgan fingerprint density at radius 3 is 2.45 bits per heavy atom. The Hall–Kier alpha value is -3.26. The van der Waals surface area contributed by atoms with Crippen LogP contribution in [0, 0.1) is 0 Å². The quantitative estimate of drug-likeness (QED) is 0.381. The van der Waals surface area contributed by atoms with Crippen LogP contribution in [0.15, 0.2) is 63.6 Å². The van der Waals surface area contributed by atoms with E-state index in [1.807, 2.05) is 59.5 Å². The first-order valence-electron chi connectivity index (χ1n) is 11.2. The van der Waals surface area contributed by atoms with Crippen molar-refractivity contribution in [1.82, 2.24) is 20.0 Å². The van der Waals surface area contributed by atoms with Crippen molar-refractivity contribution in [2.45, 2.75) is 19.8 Å². The fraction of sp³-hybridized carbons (Fsp3) is 0.280. The molecule has 1 fully saturated rings. The summed E-state index contributed by atoms with van der Waals surface area (Å²) in [7, 11) is 0. The summed E-state index contributed by atoms with van der Waals surface area (Å²) in [6.07, 6.45) is 1.71. The van der Waals surface area contributed by atoms with E-state index in [0.717, 1.165) is 45.6 Å². The monoisotopic (exact) mass is 505 g/mol. The SMILES string of the molecule is CCCc1nc(N2CCN(C(=O)c3ccccc3Br)CC2)c2c(-c3ccccc3)noc2n1. The largest absolute Gasteiger partial charge is 0.352 e. The number of piperazine rings is 1. The van der Waals surface area contributed by atoms with Gasteiger partial charge in [-0.3, -0.25) is 4.79 Å². The van der Waals surface area contributed by atoms with Gasteiger partial charge in [0.25, 0.3) is 11.6 Å². The maximum absolute atomic E-state index is 13.0. The van der Waals surface area contributed by atoms with Gasteiger partial charge in [0.05, 0.1) is 5.56 Å². The summed E-state index contributed by atoms with van der Waals surface area (Å²) in [5, 5.41) is 5.17. The Bertz CT molecular complexity index is 1280. The van der Waals surface area contributed by atoms with E-state index in [9.17, 15) is 4.79 Å². The summed E-state index contributed by atoms with van der Waals surface area (Å²) in [5.74, 6) is 1.62. The second-order valence-corrected chi connectivity index (χ2v) is 8.90. The number of amides is 1. The van der Waals surface area contributed by atoms with Crippen molar-refractivity contribution in [2.75, 3.05) is 31.1 Å². The first-order chi connectivity index (χ1) is 16.2. The molecule has 1 aliphatic heterocycles. The van der Waals surface area contributed by atoms with E-state index in [-0.39, 0.29) is 5.91 Å². The van der Waals surface area contributed by atoms with Crippen LogP contribution in [-0.4, -0.2) is 52.1 Å². The predicted octanol–water partition coefficient (Wildman–Crippen LogP) is 4.96. The summed E-state index contributed by atoms with van der Waals surface area (Å²) >= 11 is 3.50. The Balaban J connectivity index is 1.46. The lowest BCUT2D eigenvalue weighted by molar-refractivity contribution is 0.0745. The van der Waals surface area contributed by atoms with Crippen molar-refractivity contribution in [3.63, 3.8) is 0 Å². The highest BCUT2D eigenvalue weighted by Gasteiger charge is 2.28. The predicted molar refractivity (Wildman–Crippen MR) is 131 cm³/mol. The Labute approximate surface area is 200 Å². The molecular weight excluding hydrogens is 482 g/mol. The smallest absolute Gasteiger partial charge is 0.263 e. The molecule has 2 aromatic carbocycles. The highest BCUT2D eigenvalue weighted by Crippen LogP contribution is 2.34. The van der Waals surface area contributed by atoms with Crippen LogP contribution in [-0.2, 0) is 6.42 Å². The fourth-order valence-electron chi connectivity index (χ4n) is 4.16. The van der Waals surface area contributed by atoms with Crippen LogP contribution < -0.4 is 4.90 Å². The van der Waals surface area contributed by atoms with Gasteiger partial charge in [0.1, 0.15) is 22.7 Å². The van der Waals surface area contributed by atoms with Gasteiger partial charge in [-0.25, -0.2) is 4.98 Å². The van der Waals surface area contributed by atoms with Gasteiger partial charge >= 0.3 is 0 Å². The molecule has 1 saturated heterocycles. The van der Waals surface area contributed by atoms with E-state index in [4.69, 9.17) is 9.51 Å². The molecule has 7 nitrogen and oxygen atoms in total. The lowest BCUT2D eigenvalue weighted by Gasteiger charge is -2.36. The van der Waals surface area contributed by atoms with Gasteiger partial charge in [-0.2, -0.15) is 4.98 Å². The molecule has 8 heteroatoms. The van der Waals surface area contributed by atoms with Gasteiger partial charge in [-0.15, -0.1) is 0 Å². The van der Waals surface area contributed by atoms with Crippen LogP contribution in [0.1, 0.15) is 29.5 Å². The molecule has 168 valence electrons. The zero-order valence-electron chi connectivity index (χ0n) is 18.4. The number of halogens is 1. The minimum absolute atomic E-state index is 0.0385. The molecule has 0 spiro atoms. The minimum Gasteiger partial charge on any atom is -0.352 e. The summed E-state index contributed by atoms with van der Waals surface area (Å²) in [4.78, 5) is 26.7. The molecular formula is C25H24BrN5O2. The van der Waals surface area contributed by atoms with Crippen molar-refractivity contribution in [1.29, 1.82) is 0 Å². The normalized spacial score (nSPS) is 14.1. The molecule has 1 amide bonds. The van der Waals surface area contributed by atoms with Crippen molar-refractivity contribution >= 4 is 38.8 Å². The highest BCUT2D eigenvalue weighted by molar-refractivity contribution is 9.10. The maximum Gasteiger partial charge on any atom is 0.263 e. The van der Waals surface area contributed by atoms with E-state index in [2.05, 4.69) is 37.9 Å². The summed E-state index contributed by atoms with van der Waals surface area (Å²) in [6, 6.07) is 17.5. The summed E-state index contributed by atoms with van der Waals surface area (Å²) in [5.41, 5.74) is 2.91. The first-order valence-corrected chi connectivity index (χ1v) is 12.0. The van der Waals surface area contributed by atoms with Crippen LogP contribution >= 0.6 is 15.9 Å². The van der Waals surface area contributed by atoms with Gasteiger partial charge < -0.3 is 14.3 Å². The molecule has 4 aromatic rings. The van der Waals surface area contributed by atoms with Gasteiger partial charge in [0, 0.05) is 42.6 Å². The lowest BCUT2D eigenvalue weighted by Crippen LogP contribution is -2.49. The van der Waals surface area contributed by atoms with Crippen molar-refractivity contribution in [2.24, 2.45) is 0 Å². The fourth-order valence-corrected chi connectivity index (χ4v) is 4.62. The van der Waals surface area contributed by atoms with Crippen molar-refractivity contribution in [3.8, 4) is 11.3 Å². The molecule has 2 aromatic heterocycles. The molecule has 0 bridgehead atoms.